The second-order valence-electron chi connectivity index (χ2n) is 29.1. The van der Waals surface area contributed by atoms with Crippen LogP contribution >= 0.6 is 11.6 Å². The lowest BCUT2D eigenvalue weighted by Crippen LogP contribution is -2.30. The third-order valence-electron chi connectivity index (χ3n) is 18.0. The first-order valence-corrected chi connectivity index (χ1v) is 52.9. The lowest BCUT2D eigenvalue weighted by atomic mass is 10.2. The molecule has 1 aliphatic rings. The number of primary amides is 1. The molecule has 13 aromatic rings. The van der Waals surface area contributed by atoms with Crippen LogP contribution in [0, 0.1) is 18.2 Å². The third-order valence-corrected chi connectivity index (χ3v) is 25.3. The Morgan fingerprint density at radius 2 is 0.775 bits per heavy atom. The summed E-state index contributed by atoms with van der Waals surface area (Å²) in [5.41, 5.74) is 15.5. The zero-order valence-electron chi connectivity index (χ0n) is 79.4. The summed E-state index contributed by atoms with van der Waals surface area (Å²) in [5.74, 6) is 1.87. The number of fused-ring (bicyclic) bond motifs is 1. The molecule has 0 aromatic heterocycles. The van der Waals surface area contributed by atoms with Gasteiger partial charge in [-0.15, -0.1) is 18.0 Å². The molecule has 37 heteroatoms. The van der Waals surface area contributed by atoms with Crippen LogP contribution in [0.1, 0.15) is 97.5 Å². The number of carbonyl (C=O) groups is 6. The van der Waals surface area contributed by atoms with Gasteiger partial charge in [-0.05, 0) is 215 Å². The standard InChI is InChI=1S/C13H10FNO.C13H11NO.C10H13NO2S.C10H13NO2.C9H10FNO2.C9H9NO2S.C9H13NO2S.C9H11NO.C8H10ClNO2S.C8H11NO2S.C7H7NO.H2/c14-11-8-6-10(7-9-11)13(16)15-12-4-2-1-3-5-12;15-13(11-7-3-1-4-8-11)14-12-9-5-2-6-10-12;1-2-14(12,13)11-8-7-9-5-3-4-6-10(9)11;1-2-8-13-10(12)11-9-6-4-3-5-7-9;10-6-7-13-9(12)11-8-4-2-1-3-5-8;1-3-8-4-6-9(7-5-8)10-13(2,11)12;1-2-8-13(11,12)10-9-6-4-3-5-7-9;1-2-9(11)10-8-6-4-3-5-7-8;1-10(13(11,12)7-9)8-5-3-2-4-6-8;1-2-12(10,11)9-8-6-4-3-5-7-8;8-7(9)6-4-2-1-3-5-6;/h1-9H,(H,15,16);1-10H,(H,14,15);3-6H,2,7-8H2,1H3;3-7H,2,8H2,1H3,(H,11,12);1-5H,6-7H2,(H,11,12);1,4-7,10H,2H3;3-7,10H,2,8H2,1H3;3-7H,2H2,1H3,(H,10,11);2-6H,7H2,1H3;3-7,9H,2H2,1H3;1-5H,(H2,8,9);1H. The minimum atomic E-state index is -3.35. The van der Waals surface area contributed by atoms with Crippen LogP contribution in [0.15, 0.2) is 376 Å². The van der Waals surface area contributed by atoms with Crippen LogP contribution in [0.3, 0.4) is 0 Å². The van der Waals surface area contributed by atoms with Crippen LogP contribution in [-0.2, 0) is 70.8 Å². The number of halogens is 3. The monoisotopic (exact) mass is 2060 g/mol. The van der Waals surface area contributed by atoms with Gasteiger partial charge in [0.25, 0.3) is 11.8 Å². The molecule has 0 radical (unpaired) electrons. The van der Waals surface area contributed by atoms with Crippen LogP contribution in [-0.4, -0.2) is 140 Å². The van der Waals surface area contributed by atoms with Crippen molar-refractivity contribution in [3.63, 3.8) is 0 Å². The highest BCUT2D eigenvalue weighted by molar-refractivity contribution is 7.94. The molecule has 0 bridgehead atoms. The van der Waals surface area contributed by atoms with Gasteiger partial charge in [-0.2, -0.15) is 0 Å². The number of hydrogen-bond donors (Lipinski definition) is 9. The second-order valence-corrected chi connectivity index (χ2v) is 39.5. The van der Waals surface area contributed by atoms with Gasteiger partial charge in [0.15, 0.2) is 0 Å². The number of terminal acetylenes is 1. The van der Waals surface area contributed by atoms with Crippen molar-refractivity contribution < 1.29 is 90.5 Å². The Morgan fingerprint density at radius 1 is 0.423 bits per heavy atom. The zero-order chi connectivity index (χ0) is 104. The van der Waals surface area contributed by atoms with Gasteiger partial charge in [-0.3, -0.25) is 52.6 Å². The fourth-order valence-corrected chi connectivity index (χ4v) is 15.5. The van der Waals surface area contributed by atoms with Crippen molar-refractivity contribution in [3.8, 4) is 12.3 Å². The van der Waals surface area contributed by atoms with Gasteiger partial charge in [0.1, 0.15) is 24.3 Å². The Bertz CT molecular complexity index is 6470. The number of hydrogen-bond acceptors (Lipinski definition) is 18. The molecule has 0 saturated carbocycles. The van der Waals surface area contributed by atoms with E-state index in [0.717, 1.165) is 58.7 Å². The highest BCUT2D eigenvalue weighted by atomic mass is 35.5. The molecule has 0 fully saturated rings. The maximum Gasteiger partial charge on any atom is 0.411 e. The number of nitrogens with two attached hydrogens (primary N) is 1. The molecule has 1 heterocycles. The summed E-state index contributed by atoms with van der Waals surface area (Å²) >= 11 is 5.31. The summed E-state index contributed by atoms with van der Waals surface area (Å²) in [6.45, 7) is 9.08. The largest absolute Gasteiger partial charge is 0.449 e. The van der Waals surface area contributed by atoms with Crippen molar-refractivity contribution in [1.82, 2.24) is 0 Å². The predicted octanol–water partition coefficient (Wildman–Crippen LogP) is 21.3. The Balaban J connectivity index is 0.000000405. The molecule has 0 saturated heterocycles. The zero-order valence-corrected chi connectivity index (χ0v) is 84.2. The lowest BCUT2D eigenvalue weighted by Gasteiger charge is -2.17. The van der Waals surface area contributed by atoms with E-state index in [1.807, 2.05) is 203 Å². The Morgan fingerprint density at radius 3 is 1.13 bits per heavy atom. The first-order valence-electron chi connectivity index (χ1n) is 44.0. The number of benzene rings is 13. The number of nitrogens with one attached hydrogen (secondary N) is 8. The molecular weight excluding hydrogens is 1940 g/mol. The molecule has 14 rings (SSSR count). The van der Waals surface area contributed by atoms with Crippen molar-refractivity contribution in [2.45, 2.75) is 60.3 Å². The summed E-state index contributed by atoms with van der Waals surface area (Å²) < 4.78 is 156. The quantitative estimate of drug-likeness (QED) is 0.0170. The smallest absolute Gasteiger partial charge is 0.411 e. The van der Waals surface area contributed by atoms with E-state index in [4.69, 9.17) is 28.5 Å². The molecule has 10 N–H and O–H groups in total. The predicted molar refractivity (Wildman–Crippen MR) is 571 cm³/mol. The van der Waals surface area contributed by atoms with Gasteiger partial charge in [-0.1, -0.05) is 227 Å². The number of ether oxygens (including phenoxy) is 2. The summed E-state index contributed by atoms with van der Waals surface area (Å²) in [6.07, 6.45) is 8.02. The van der Waals surface area contributed by atoms with Gasteiger partial charge in [-0.25, -0.2) is 60.5 Å². The van der Waals surface area contributed by atoms with Crippen molar-refractivity contribution in [3.05, 3.63) is 410 Å². The maximum absolute atomic E-state index is 12.6. The molecule has 0 unspecified atom stereocenters. The minimum absolute atomic E-state index is 0. The van der Waals surface area contributed by atoms with Crippen LogP contribution in [0.4, 0.5) is 75.2 Å². The number of para-hydroxylation sites is 9. The fourth-order valence-electron chi connectivity index (χ4n) is 10.9. The van der Waals surface area contributed by atoms with E-state index in [2.05, 4.69) is 51.4 Å². The number of anilines is 10. The van der Waals surface area contributed by atoms with Crippen molar-refractivity contribution >= 4 is 154 Å². The maximum atomic E-state index is 12.6. The highest BCUT2D eigenvalue weighted by Gasteiger charge is 2.27. The molecule has 142 heavy (non-hydrogen) atoms. The number of sulfonamides is 5. The Hall–Kier alpha value is -15.3. The van der Waals surface area contributed by atoms with E-state index in [-0.39, 0.29) is 54.7 Å². The summed E-state index contributed by atoms with van der Waals surface area (Å²) in [5, 5.41) is 12.9. The molecule has 0 spiro atoms. The molecule has 0 atom stereocenters. The molecule has 754 valence electrons. The lowest BCUT2D eigenvalue weighted by molar-refractivity contribution is -0.115. The van der Waals surface area contributed by atoms with Crippen molar-refractivity contribution in [1.29, 1.82) is 0 Å². The molecule has 6 amide bonds. The summed E-state index contributed by atoms with van der Waals surface area (Å²) in [7, 11) is -14.4. The number of nitrogens with zero attached hydrogens (tertiary/aromatic N) is 2. The number of amides is 6. The Labute approximate surface area is 838 Å². The van der Waals surface area contributed by atoms with Gasteiger partial charge in [0, 0.05) is 89.2 Å². The van der Waals surface area contributed by atoms with E-state index in [0.29, 0.717) is 71.1 Å². The Kier molecular flexibility index (Phi) is 55.6. The average Bonchev–Trinajstić information content (AvgIpc) is 1.65. The number of carbonyl (C=O) groups excluding carboxylic acids is 6. The minimum Gasteiger partial charge on any atom is -0.449 e. The summed E-state index contributed by atoms with van der Waals surface area (Å²) in [6, 6.07) is 110. The van der Waals surface area contributed by atoms with Gasteiger partial charge in [0.05, 0.1) is 41.5 Å². The molecular formula is C105H120ClF2N11O18S5. The fraction of sp³-hybridized carbons (Fsp3) is 0.181. The third kappa shape index (κ3) is 51.4. The van der Waals surface area contributed by atoms with Crippen molar-refractivity contribution in [2.75, 3.05) is 112 Å². The molecule has 1 aliphatic heterocycles. The van der Waals surface area contributed by atoms with Crippen LogP contribution in [0.25, 0.3) is 0 Å². The number of rotatable bonds is 27. The van der Waals surface area contributed by atoms with Crippen LogP contribution in [0.2, 0.25) is 0 Å². The van der Waals surface area contributed by atoms with E-state index < -0.39 is 74.2 Å². The van der Waals surface area contributed by atoms with E-state index >= 15 is 0 Å². The highest BCUT2D eigenvalue weighted by Crippen LogP contribution is 2.30. The van der Waals surface area contributed by atoms with E-state index in [1.54, 1.807) is 184 Å². The van der Waals surface area contributed by atoms with E-state index in [9.17, 15) is 79.6 Å². The average molecular weight is 2060 g/mol. The van der Waals surface area contributed by atoms with Crippen LogP contribution < -0.4 is 55.1 Å². The van der Waals surface area contributed by atoms with Crippen molar-refractivity contribution in [2.24, 2.45) is 5.73 Å². The SMILES string of the molecule is C#Cc1ccc(NS(C)(=O)=O)cc1.CCC(=O)Nc1ccccc1.CCCOC(=O)Nc1ccccc1.CCCS(=O)(=O)Nc1ccccc1.CCS(=O)(=O)N1CCc2ccccc21.CCS(=O)(=O)Nc1ccccc1.CN(c1ccccc1)S(=O)(=O)CCl.NC(=O)c1ccccc1.O=C(Nc1ccccc1)OCCF.O=C(Nc1ccccc1)c1ccc(F)cc1.O=C(Nc1ccccc1)c1ccccc1.[HH]. The van der Waals surface area contributed by atoms with Gasteiger partial charge < -0.3 is 31.2 Å². The first kappa shape index (κ1) is 119. The first-order chi connectivity index (χ1) is 67.9. The van der Waals surface area contributed by atoms with Gasteiger partial charge >= 0.3 is 12.2 Å². The number of alkyl halides is 2. The summed E-state index contributed by atoms with van der Waals surface area (Å²) in [4.78, 5) is 66.6. The normalized spacial score (nSPS) is 10.6. The molecule has 13 aromatic carbocycles. The van der Waals surface area contributed by atoms with Crippen LogP contribution in [0.5, 0.6) is 0 Å². The second kappa shape index (κ2) is 66.3. The van der Waals surface area contributed by atoms with E-state index in [1.165, 1.54) is 39.9 Å². The molecule has 0 aliphatic carbocycles. The van der Waals surface area contributed by atoms with Gasteiger partial charge in [0.2, 0.25) is 61.9 Å². The molecule has 29 nitrogen and oxygen atoms in total. The topological polar surface area (TPSA) is 420 Å².